The summed E-state index contributed by atoms with van der Waals surface area (Å²) in [7, 11) is 0. The van der Waals surface area contributed by atoms with Gasteiger partial charge in [0.2, 0.25) is 6.79 Å². The second-order valence-corrected chi connectivity index (χ2v) is 6.18. The molecule has 1 amide bonds. The fourth-order valence-corrected chi connectivity index (χ4v) is 3.26. The van der Waals surface area contributed by atoms with E-state index in [2.05, 4.69) is 6.92 Å². The molecule has 22 heavy (non-hydrogen) atoms. The first-order chi connectivity index (χ1) is 10.8. The van der Waals surface area contributed by atoms with Crippen molar-refractivity contribution in [2.24, 2.45) is 0 Å². The average Bonchev–Trinajstić information content (AvgIpc) is 3.11. The summed E-state index contributed by atoms with van der Waals surface area (Å²) in [6, 6.07) is 3.90. The van der Waals surface area contributed by atoms with Crippen molar-refractivity contribution in [3.63, 3.8) is 0 Å². The van der Waals surface area contributed by atoms with Gasteiger partial charge in [-0.1, -0.05) is 51.5 Å². The summed E-state index contributed by atoms with van der Waals surface area (Å²) < 4.78 is 10.8. The molecule has 0 unspecified atom stereocenters. The molecule has 0 N–H and O–H groups in total. The van der Waals surface area contributed by atoms with Crippen LogP contribution in [0.3, 0.4) is 0 Å². The van der Waals surface area contributed by atoms with Crippen LogP contribution in [0.1, 0.15) is 67.8 Å². The third-order valence-corrected chi connectivity index (χ3v) is 4.52. The molecule has 2 aliphatic heterocycles. The molecule has 0 saturated heterocycles. The Hall–Kier alpha value is -1.71. The van der Waals surface area contributed by atoms with Crippen LogP contribution in [0.15, 0.2) is 12.1 Å². The summed E-state index contributed by atoms with van der Waals surface area (Å²) in [5.41, 5.74) is 1.79. The highest BCUT2D eigenvalue weighted by molar-refractivity contribution is 6.02. The van der Waals surface area contributed by atoms with Gasteiger partial charge in [-0.2, -0.15) is 0 Å². The van der Waals surface area contributed by atoms with Crippen LogP contribution in [0.25, 0.3) is 0 Å². The van der Waals surface area contributed by atoms with Gasteiger partial charge in [-0.05, 0) is 18.1 Å². The Morgan fingerprint density at radius 3 is 2.64 bits per heavy atom. The summed E-state index contributed by atoms with van der Waals surface area (Å²) >= 11 is 0. The topological polar surface area (TPSA) is 38.8 Å². The lowest BCUT2D eigenvalue weighted by molar-refractivity contribution is 0.0772. The van der Waals surface area contributed by atoms with Gasteiger partial charge in [0, 0.05) is 13.1 Å². The van der Waals surface area contributed by atoms with E-state index in [0.717, 1.165) is 24.1 Å². The van der Waals surface area contributed by atoms with E-state index in [4.69, 9.17) is 9.47 Å². The smallest absolute Gasteiger partial charge is 0.258 e. The van der Waals surface area contributed by atoms with Gasteiger partial charge >= 0.3 is 0 Å². The Balaban J connectivity index is 1.48. The Morgan fingerprint density at radius 1 is 1.05 bits per heavy atom. The van der Waals surface area contributed by atoms with Crippen LogP contribution in [0, 0.1) is 0 Å². The van der Waals surface area contributed by atoms with E-state index in [1.807, 2.05) is 17.0 Å². The van der Waals surface area contributed by atoms with Crippen molar-refractivity contribution in [3.05, 3.63) is 23.3 Å². The van der Waals surface area contributed by atoms with Crippen molar-refractivity contribution in [2.75, 3.05) is 13.3 Å². The van der Waals surface area contributed by atoms with Gasteiger partial charge < -0.3 is 14.4 Å². The van der Waals surface area contributed by atoms with Crippen LogP contribution in [-0.4, -0.2) is 24.1 Å². The number of unbranched alkanes of at least 4 members (excludes halogenated alkanes) is 6. The number of carbonyl (C=O) groups is 1. The van der Waals surface area contributed by atoms with Crippen molar-refractivity contribution in [3.8, 4) is 11.5 Å². The van der Waals surface area contributed by atoms with Crippen molar-refractivity contribution < 1.29 is 14.3 Å². The van der Waals surface area contributed by atoms with Crippen LogP contribution in [-0.2, 0) is 6.54 Å². The number of nitrogens with zero attached hydrogens (tertiary/aromatic N) is 1. The predicted molar refractivity (Wildman–Crippen MR) is 85.3 cm³/mol. The second-order valence-electron chi connectivity index (χ2n) is 6.18. The van der Waals surface area contributed by atoms with Crippen LogP contribution in [0.5, 0.6) is 11.5 Å². The monoisotopic (exact) mass is 303 g/mol. The normalized spacial score (nSPS) is 15.5. The summed E-state index contributed by atoms with van der Waals surface area (Å²) in [6.45, 7) is 4.01. The van der Waals surface area contributed by atoms with Gasteiger partial charge in [0.05, 0.1) is 5.56 Å². The number of fused-ring (bicyclic) bond motifs is 3. The molecule has 120 valence electrons. The number of hydrogen-bond acceptors (Lipinski definition) is 3. The van der Waals surface area contributed by atoms with Gasteiger partial charge in [-0.3, -0.25) is 4.79 Å². The molecule has 1 aromatic carbocycles. The molecule has 0 radical (unpaired) electrons. The van der Waals surface area contributed by atoms with E-state index in [1.54, 1.807) is 0 Å². The molecular weight excluding hydrogens is 278 g/mol. The molecule has 0 atom stereocenters. The molecule has 0 bridgehead atoms. The fourth-order valence-electron chi connectivity index (χ4n) is 3.26. The van der Waals surface area contributed by atoms with Gasteiger partial charge in [0.1, 0.15) is 0 Å². The highest BCUT2D eigenvalue weighted by Crippen LogP contribution is 2.41. The fraction of sp³-hybridized carbons (Fsp3) is 0.611. The molecule has 2 heterocycles. The van der Waals surface area contributed by atoms with Crippen LogP contribution in [0.4, 0.5) is 0 Å². The van der Waals surface area contributed by atoms with Crippen LogP contribution < -0.4 is 9.47 Å². The number of carbonyl (C=O) groups excluding carboxylic acids is 1. The Kier molecular flexibility index (Phi) is 4.86. The van der Waals surface area contributed by atoms with E-state index < -0.39 is 0 Å². The lowest BCUT2D eigenvalue weighted by atomic mass is 10.1. The summed E-state index contributed by atoms with van der Waals surface area (Å²) in [4.78, 5) is 14.5. The molecule has 4 nitrogen and oxygen atoms in total. The number of benzene rings is 1. The highest BCUT2D eigenvalue weighted by atomic mass is 16.7. The van der Waals surface area contributed by atoms with Gasteiger partial charge in [-0.25, -0.2) is 0 Å². The van der Waals surface area contributed by atoms with Crippen LogP contribution in [0.2, 0.25) is 0 Å². The zero-order chi connectivity index (χ0) is 15.4. The standard InChI is InChI=1S/C18H25NO3/c1-2-3-4-5-6-7-8-11-19-12-14-9-10-15-17(22-13-21-15)16(14)18(19)20/h9-10H,2-8,11-13H2,1H3. The summed E-state index contributed by atoms with van der Waals surface area (Å²) in [6.07, 6.45) is 8.87. The van der Waals surface area contributed by atoms with Crippen molar-refractivity contribution in [1.82, 2.24) is 4.90 Å². The average molecular weight is 303 g/mol. The van der Waals surface area contributed by atoms with Gasteiger partial charge in [0.25, 0.3) is 5.91 Å². The lowest BCUT2D eigenvalue weighted by Gasteiger charge is -2.15. The largest absolute Gasteiger partial charge is 0.454 e. The maximum Gasteiger partial charge on any atom is 0.258 e. The molecular formula is C18H25NO3. The number of ether oxygens (including phenoxy) is 2. The summed E-state index contributed by atoms with van der Waals surface area (Å²) in [5.74, 6) is 1.44. The molecule has 3 rings (SSSR count). The number of rotatable bonds is 8. The minimum atomic E-state index is 0.100. The van der Waals surface area contributed by atoms with Crippen LogP contribution >= 0.6 is 0 Å². The number of amides is 1. The second kappa shape index (κ2) is 7.03. The predicted octanol–water partition coefficient (Wildman–Crippen LogP) is 4.12. The summed E-state index contributed by atoms with van der Waals surface area (Å²) in [5, 5.41) is 0. The first-order valence-electron chi connectivity index (χ1n) is 8.52. The molecule has 0 aliphatic carbocycles. The Morgan fingerprint density at radius 2 is 1.82 bits per heavy atom. The van der Waals surface area contributed by atoms with E-state index >= 15 is 0 Å². The SMILES string of the molecule is CCCCCCCCCN1Cc2ccc3c(c2C1=O)OCO3. The lowest BCUT2D eigenvalue weighted by Crippen LogP contribution is -2.25. The van der Waals surface area contributed by atoms with Crippen molar-refractivity contribution in [1.29, 1.82) is 0 Å². The van der Waals surface area contributed by atoms with Crippen molar-refractivity contribution in [2.45, 2.75) is 58.4 Å². The zero-order valence-electron chi connectivity index (χ0n) is 13.4. The van der Waals surface area contributed by atoms with E-state index in [1.165, 1.54) is 38.5 Å². The van der Waals surface area contributed by atoms with E-state index in [9.17, 15) is 4.79 Å². The van der Waals surface area contributed by atoms with E-state index in [0.29, 0.717) is 18.0 Å². The molecule has 2 aliphatic rings. The molecule has 0 spiro atoms. The molecule has 0 fully saturated rings. The first-order valence-corrected chi connectivity index (χ1v) is 8.52. The molecule has 4 heteroatoms. The molecule has 0 saturated carbocycles. The van der Waals surface area contributed by atoms with Gasteiger partial charge in [0.15, 0.2) is 11.5 Å². The van der Waals surface area contributed by atoms with Crippen molar-refractivity contribution >= 4 is 5.91 Å². The highest BCUT2D eigenvalue weighted by Gasteiger charge is 2.34. The third kappa shape index (κ3) is 3.06. The minimum absolute atomic E-state index is 0.100. The minimum Gasteiger partial charge on any atom is -0.454 e. The Bertz CT molecular complexity index is 541. The quantitative estimate of drug-likeness (QED) is 0.678. The zero-order valence-corrected chi connectivity index (χ0v) is 13.4. The maximum absolute atomic E-state index is 12.6. The van der Waals surface area contributed by atoms with E-state index in [-0.39, 0.29) is 12.7 Å². The molecule has 1 aromatic rings. The maximum atomic E-state index is 12.6. The first kappa shape index (κ1) is 15.2. The third-order valence-electron chi connectivity index (χ3n) is 4.52. The van der Waals surface area contributed by atoms with Gasteiger partial charge in [-0.15, -0.1) is 0 Å². The molecule has 0 aromatic heterocycles. The number of hydrogen-bond donors (Lipinski definition) is 0. The Labute approximate surface area is 132 Å².